The number of carbonyl (C=O) groups is 1. The van der Waals surface area contributed by atoms with Crippen molar-refractivity contribution in [1.29, 1.82) is 0 Å². The molecule has 0 atom stereocenters. The Hall–Kier alpha value is -1.60. The van der Waals surface area contributed by atoms with Gasteiger partial charge in [-0.15, -0.1) is 11.3 Å². The second kappa shape index (κ2) is 9.55. The van der Waals surface area contributed by atoms with E-state index in [0.717, 1.165) is 48.3 Å². The predicted octanol–water partition coefficient (Wildman–Crippen LogP) is 2.90. The van der Waals surface area contributed by atoms with Gasteiger partial charge in [0.25, 0.3) is 0 Å². The van der Waals surface area contributed by atoms with Crippen LogP contribution in [0.2, 0.25) is 4.34 Å². The van der Waals surface area contributed by atoms with E-state index in [4.69, 9.17) is 11.6 Å². The number of carbonyl (C=O) groups excluding carboxylic acids is 1. The molecule has 1 amide bonds. The Bertz CT molecular complexity index is 739. The first-order valence-electron chi connectivity index (χ1n) is 9.21. The second-order valence-corrected chi connectivity index (χ2v) is 8.90. The highest BCUT2D eigenvalue weighted by molar-refractivity contribution is 7.16. The smallest absolute Gasteiger partial charge is 0.234 e. The first kappa shape index (κ1) is 20.1. The number of benzene rings is 1. The zero-order chi connectivity index (χ0) is 19.2. The van der Waals surface area contributed by atoms with Crippen LogP contribution in [-0.4, -0.2) is 62.5 Å². The summed E-state index contributed by atoms with van der Waals surface area (Å²) < 4.78 is 0.844. The minimum Gasteiger partial charge on any atom is -0.378 e. The summed E-state index contributed by atoms with van der Waals surface area (Å²) in [6, 6.07) is 12.3. The number of anilines is 1. The molecule has 1 saturated heterocycles. The molecule has 3 rings (SSSR count). The van der Waals surface area contributed by atoms with Crippen molar-refractivity contribution in [2.45, 2.75) is 13.1 Å². The molecule has 146 valence electrons. The summed E-state index contributed by atoms with van der Waals surface area (Å²) >= 11 is 7.64. The van der Waals surface area contributed by atoms with Crippen molar-refractivity contribution in [2.75, 3.05) is 51.7 Å². The molecule has 1 fully saturated rings. The van der Waals surface area contributed by atoms with Gasteiger partial charge in [-0.05, 0) is 29.8 Å². The van der Waals surface area contributed by atoms with Gasteiger partial charge in [0.15, 0.2) is 0 Å². The van der Waals surface area contributed by atoms with Gasteiger partial charge in [-0.25, -0.2) is 0 Å². The van der Waals surface area contributed by atoms with Crippen LogP contribution in [0, 0.1) is 0 Å². The largest absolute Gasteiger partial charge is 0.378 e. The Morgan fingerprint density at radius 3 is 2.33 bits per heavy atom. The van der Waals surface area contributed by atoms with E-state index in [2.05, 4.69) is 50.3 Å². The van der Waals surface area contributed by atoms with Gasteiger partial charge in [-0.2, -0.15) is 0 Å². The monoisotopic (exact) mass is 406 g/mol. The van der Waals surface area contributed by atoms with Gasteiger partial charge in [-0.3, -0.25) is 14.6 Å². The topological polar surface area (TPSA) is 38.8 Å². The van der Waals surface area contributed by atoms with Crippen LogP contribution >= 0.6 is 22.9 Å². The van der Waals surface area contributed by atoms with Crippen molar-refractivity contribution in [1.82, 2.24) is 15.1 Å². The zero-order valence-corrected chi connectivity index (χ0v) is 17.5. The number of rotatable bonds is 7. The van der Waals surface area contributed by atoms with Crippen molar-refractivity contribution >= 4 is 34.5 Å². The molecule has 0 unspecified atom stereocenters. The molecule has 0 spiro atoms. The van der Waals surface area contributed by atoms with Crippen LogP contribution in [0.3, 0.4) is 0 Å². The summed E-state index contributed by atoms with van der Waals surface area (Å²) in [5.74, 6) is 0.0881. The van der Waals surface area contributed by atoms with Crippen LogP contribution in [0.1, 0.15) is 10.4 Å². The second-order valence-electron chi connectivity index (χ2n) is 7.10. The molecule has 2 heterocycles. The highest BCUT2D eigenvalue weighted by atomic mass is 35.5. The molecule has 0 bridgehead atoms. The Kier molecular flexibility index (Phi) is 7.13. The van der Waals surface area contributed by atoms with Crippen LogP contribution in [-0.2, 0) is 17.9 Å². The molecule has 1 aliphatic heterocycles. The van der Waals surface area contributed by atoms with Crippen molar-refractivity contribution in [3.05, 3.63) is 51.2 Å². The van der Waals surface area contributed by atoms with E-state index in [1.807, 2.05) is 20.2 Å². The molecule has 0 saturated carbocycles. The maximum absolute atomic E-state index is 12.2. The average Bonchev–Trinajstić information content (AvgIpc) is 3.07. The van der Waals surface area contributed by atoms with E-state index in [-0.39, 0.29) is 5.91 Å². The van der Waals surface area contributed by atoms with E-state index in [1.165, 1.54) is 4.88 Å². The third-order valence-corrected chi connectivity index (χ3v) is 6.00. The highest BCUT2D eigenvalue weighted by Crippen LogP contribution is 2.23. The number of thiophene rings is 1. The third kappa shape index (κ3) is 6.21. The molecule has 0 aliphatic carbocycles. The number of piperazine rings is 1. The van der Waals surface area contributed by atoms with Crippen molar-refractivity contribution in [3.8, 4) is 0 Å². The van der Waals surface area contributed by atoms with Gasteiger partial charge in [0.1, 0.15) is 0 Å². The molecule has 1 aromatic carbocycles. The number of nitrogens with zero attached hydrogens (tertiary/aromatic N) is 3. The van der Waals surface area contributed by atoms with Gasteiger partial charge >= 0.3 is 0 Å². The summed E-state index contributed by atoms with van der Waals surface area (Å²) in [7, 11) is 4.04. The molecule has 2 aromatic rings. The van der Waals surface area contributed by atoms with Gasteiger partial charge in [0, 0.05) is 63.9 Å². The lowest BCUT2D eigenvalue weighted by atomic mass is 10.2. The maximum Gasteiger partial charge on any atom is 0.234 e. The zero-order valence-electron chi connectivity index (χ0n) is 15.9. The van der Waals surface area contributed by atoms with Gasteiger partial charge in [-0.1, -0.05) is 23.7 Å². The number of halogens is 1. The van der Waals surface area contributed by atoms with Crippen LogP contribution in [0.5, 0.6) is 0 Å². The number of nitrogens with one attached hydrogen (secondary N) is 1. The SMILES string of the molecule is CN(C)c1ccc(CNC(=O)CN2CCN(Cc3ccc(Cl)s3)CC2)cc1. The first-order chi connectivity index (χ1) is 13.0. The van der Waals surface area contributed by atoms with E-state index < -0.39 is 0 Å². The molecular formula is C20H27ClN4OS. The highest BCUT2D eigenvalue weighted by Gasteiger charge is 2.19. The Morgan fingerprint density at radius 2 is 1.74 bits per heavy atom. The van der Waals surface area contributed by atoms with Crippen LogP contribution < -0.4 is 10.2 Å². The molecule has 0 radical (unpaired) electrons. The molecule has 5 nitrogen and oxygen atoms in total. The maximum atomic E-state index is 12.2. The van der Waals surface area contributed by atoms with Crippen LogP contribution in [0.15, 0.2) is 36.4 Å². The van der Waals surface area contributed by atoms with Gasteiger partial charge < -0.3 is 10.2 Å². The van der Waals surface area contributed by atoms with E-state index in [9.17, 15) is 4.79 Å². The predicted molar refractivity (Wildman–Crippen MR) is 114 cm³/mol. The van der Waals surface area contributed by atoms with E-state index in [0.29, 0.717) is 13.1 Å². The van der Waals surface area contributed by atoms with E-state index >= 15 is 0 Å². The summed E-state index contributed by atoms with van der Waals surface area (Å²) in [5.41, 5.74) is 2.28. The fourth-order valence-electron chi connectivity index (χ4n) is 3.13. The summed E-state index contributed by atoms with van der Waals surface area (Å²) in [4.78, 5) is 20.3. The van der Waals surface area contributed by atoms with E-state index in [1.54, 1.807) is 11.3 Å². The van der Waals surface area contributed by atoms with Crippen molar-refractivity contribution in [2.24, 2.45) is 0 Å². The molecule has 1 aromatic heterocycles. The lowest BCUT2D eigenvalue weighted by Gasteiger charge is -2.34. The van der Waals surface area contributed by atoms with Crippen LogP contribution in [0.4, 0.5) is 5.69 Å². The lowest BCUT2D eigenvalue weighted by Crippen LogP contribution is -2.48. The van der Waals surface area contributed by atoms with Crippen molar-refractivity contribution in [3.63, 3.8) is 0 Å². The fourth-order valence-corrected chi connectivity index (χ4v) is 4.26. The molecule has 7 heteroatoms. The van der Waals surface area contributed by atoms with Crippen molar-refractivity contribution < 1.29 is 4.79 Å². The third-order valence-electron chi connectivity index (χ3n) is 4.78. The summed E-state index contributed by atoms with van der Waals surface area (Å²) in [6.45, 7) is 5.79. The number of hydrogen-bond donors (Lipinski definition) is 1. The molecular weight excluding hydrogens is 380 g/mol. The number of amides is 1. The summed E-state index contributed by atoms with van der Waals surface area (Å²) in [5, 5.41) is 3.03. The summed E-state index contributed by atoms with van der Waals surface area (Å²) in [6.07, 6.45) is 0. The normalized spacial score (nSPS) is 15.7. The molecule has 1 N–H and O–H groups in total. The van der Waals surface area contributed by atoms with Crippen LogP contribution in [0.25, 0.3) is 0 Å². The van der Waals surface area contributed by atoms with Gasteiger partial charge in [0.05, 0.1) is 10.9 Å². The molecule has 27 heavy (non-hydrogen) atoms. The Balaban J connectivity index is 1.36. The minimum atomic E-state index is 0.0881. The van der Waals surface area contributed by atoms with Gasteiger partial charge in [0.2, 0.25) is 5.91 Å². The standard InChI is InChI=1S/C20H27ClN4OS/c1-23(2)17-5-3-16(4-6-17)13-22-20(26)15-25-11-9-24(10-12-25)14-18-7-8-19(21)27-18/h3-8H,9-15H2,1-2H3,(H,22,26). The fraction of sp³-hybridized carbons (Fsp3) is 0.450. The average molecular weight is 407 g/mol. The Labute approximate surface area is 170 Å². The first-order valence-corrected chi connectivity index (χ1v) is 10.4. The molecule has 1 aliphatic rings. The lowest BCUT2D eigenvalue weighted by molar-refractivity contribution is -0.122. The number of hydrogen-bond acceptors (Lipinski definition) is 5. The quantitative estimate of drug-likeness (QED) is 0.767. The Morgan fingerprint density at radius 1 is 1.07 bits per heavy atom. The minimum absolute atomic E-state index is 0.0881.